The van der Waals surface area contributed by atoms with Crippen LogP contribution >= 0.6 is 0 Å². The lowest BCUT2D eigenvalue weighted by Gasteiger charge is -2.11. The number of hydrogen-bond donors (Lipinski definition) is 2. The second-order valence-electron chi connectivity index (χ2n) is 6.74. The Hall–Kier alpha value is -3.81. The summed E-state index contributed by atoms with van der Waals surface area (Å²) in [5.41, 5.74) is 2.38. The third-order valence-corrected chi connectivity index (χ3v) is 4.79. The lowest BCUT2D eigenvalue weighted by Crippen LogP contribution is -2.36. The van der Waals surface area contributed by atoms with Gasteiger partial charge in [0, 0.05) is 17.7 Å². The van der Waals surface area contributed by atoms with Crippen molar-refractivity contribution in [1.29, 1.82) is 0 Å². The van der Waals surface area contributed by atoms with Crippen LogP contribution in [-0.4, -0.2) is 25.4 Å². The molecular weight excluding hydrogens is 370 g/mol. The van der Waals surface area contributed by atoms with Gasteiger partial charge in [0.05, 0.1) is 17.6 Å². The Balaban J connectivity index is 1.88. The van der Waals surface area contributed by atoms with E-state index in [0.717, 1.165) is 10.1 Å². The van der Waals surface area contributed by atoms with Gasteiger partial charge in [-0.1, -0.05) is 37.3 Å². The molecule has 2 heterocycles. The lowest BCUT2D eigenvalue weighted by molar-refractivity contribution is -0.115. The van der Waals surface area contributed by atoms with E-state index in [1.165, 1.54) is 0 Å². The number of aryl methyl sites for hydroxylation is 1. The number of carbonyl (C=O) groups is 1. The molecule has 29 heavy (non-hydrogen) atoms. The van der Waals surface area contributed by atoms with Crippen LogP contribution in [0.25, 0.3) is 22.2 Å². The number of amides is 1. The predicted octanol–water partition coefficient (Wildman–Crippen LogP) is 2.34. The maximum atomic E-state index is 12.9. The average Bonchev–Trinajstić information content (AvgIpc) is 2.73. The van der Waals surface area contributed by atoms with Crippen molar-refractivity contribution in [1.82, 2.24) is 19.5 Å². The van der Waals surface area contributed by atoms with Gasteiger partial charge in [-0.05, 0) is 24.6 Å². The molecule has 0 saturated carbocycles. The summed E-state index contributed by atoms with van der Waals surface area (Å²) in [7, 11) is 0. The minimum Gasteiger partial charge on any atom is -0.326 e. The number of anilines is 1. The molecule has 0 unspecified atom stereocenters. The van der Waals surface area contributed by atoms with Gasteiger partial charge in [0.2, 0.25) is 5.91 Å². The van der Waals surface area contributed by atoms with Crippen LogP contribution in [0.15, 0.2) is 52.1 Å². The topological polar surface area (TPSA) is 110 Å². The standard InChI is InChI=1S/C21H19N5O3/c1-3-16(27)22-14-9-10-15-17(12(14)2)24-19-18(23-15)20(28)26(21(29)25-19)11-13-7-5-4-6-8-13/h4-10H,3,11H2,1-2H3,(H,22,27)(H,24,25,29). The molecular formula is C21H19N5O3. The number of carbonyl (C=O) groups excluding carboxylic acids is 1. The van der Waals surface area contributed by atoms with Gasteiger partial charge in [0.15, 0.2) is 11.2 Å². The van der Waals surface area contributed by atoms with Crippen LogP contribution in [0.3, 0.4) is 0 Å². The molecule has 0 aliphatic carbocycles. The van der Waals surface area contributed by atoms with Gasteiger partial charge in [0.25, 0.3) is 5.56 Å². The Morgan fingerprint density at radius 1 is 1.07 bits per heavy atom. The van der Waals surface area contributed by atoms with Gasteiger partial charge in [-0.15, -0.1) is 0 Å². The Morgan fingerprint density at radius 3 is 2.55 bits per heavy atom. The molecule has 4 aromatic rings. The molecule has 0 radical (unpaired) electrons. The van der Waals surface area contributed by atoms with Crippen molar-refractivity contribution in [3.05, 3.63) is 74.4 Å². The molecule has 0 fully saturated rings. The zero-order chi connectivity index (χ0) is 20.5. The molecule has 0 atom stereocenters. The average molecular weight is 389 g/mol. The normalized spacial score (nSPS) is 11.1. The first-order chi connectivity index (χ1) is 14.0. The molecule has 0 aliphatic heterocycles. The Kier molecular flexibility index (Phi) is 4.67. The fraction of sp³-hybridized carbons (Fsp3) is 0.190. The Morgan fingerprint density at radius 2 is 1.83 bits per heavy atom. The highest BCUT2D eigenvalue weighted by Crippen LogP contribution is 2.24. The van der Waals surface area contributed by atoms with E-state index in [1.54, 1.807) is 19.1 Å². The number of aromatic nitrogens is 4. The molecule has 8 nitrogen and oxygen atoms in total. The molecule has 2 aromatic carbocycles. The number of rotatable bonds is 4. The smallest absolute Gasteiger partial charge is 0.326 e. The number of benzene rings is 2. The third kappa shape index (κ3) is 3.40. The quantitative estimate of drug-likeness (QED) is 0.521. The maximum Gasteiger partial charge on any atom is 0.330 e. The van der Waals surface area contributed by atoms with Crippen molar-refractivity contribution in [3.63, 3.8) is 0 Å². The van der Waals surface area contributed by atoms with Crippen molar-refractivity contribution in [2.75, 3.05) is 5.32 Å². The van der Waals surface area contributed by atoms with E-state index < -0.39 is 11.2 Å². The molecule has 146 valence electrons. The van der Waals surface area contributed by atoms with Crippen LogP contribution in [0, 0.1) is 6.92 Å². The molecule has 2 N–H and O–H groups in total. The van der Waals surface area contributed by atoms with Crippen LogP contribution in [-0.2, 0) is 11.3 Å². The largest absolute Gasteiger partial charge is 0.330 e. The first kappa shape index (κ1) is 18.5. The summed E-state index contributed by atoms with van der Waals surface area (Å²) in [6.07, 6.45) is 0.356. The molecule has 0 spiro atoms. The van der Waals surface area contributed by atoms with E-state index in [9.17, 15) is 14.4 Å². The number of nitrogens with one attached hydrogen (secondary N) is 2. The van der Waals surface area contributed by atoms with Gasteiger partial charge in [0.1, 0.15) is 0 Å². The SMILES string of the molecule is CCC(=O)Nc1ccc2nc3c(=O)n(Cc4ccccc4)c(=O)[nH]c3nc2c1C. The maximum absolute atomic E-state index is 12.9. The van der Waals surface area contributed by atoms with Crippen molar-refractivity contribution in [2.45, 2.75) is 26.8 Å². The Bertz CT molecular complexity index is 1360. The predicted molar refractivity (Wildman–Crippen MR) is 111 cm³/mol. The summed E-state index contributed by atoms with van der Waals surface area (Å²) in [6.45, 7) is 3.72. The van der Waals surface area contributed by atoms with Crippen LogP contribution in [0.1, 0.15) is 24.5 Å². The minimum atomic E-state index is -0.548. The number of aromatic amines is 1. The van der Waals surface area contributed by atoms with E-state index in [-0.39, 0.29) is 23.6 Å². The number of hydrogen-bond acceptors (Lipinski definition) is 5. The van der Waals surface area contributed by atoms with Gasteiger partial charge in [-0.25, -0.2) is 14.8 Å². The summed E-state index contributed by atoms with van der Waals surface area (Å²) in [6, 6.07) is 12.7. The molecule has 0 bridgehead atoms. The molecule has 8 heteroatoms. The van der Waals surface area contributed by atoms with Gasteiger partial charge in [-0.3, -0.25) is 19.1 Å². The summed E-state index contributed by atoms with van der Waals surface area (Å²) in [5.74, 6) is -0.113. The highest BCUT2D eigenvalue weighted by atomic mass is 16.2. The highest BCUT2D eigenvalue weighted by Gasteiger charge is 2.14. The number of fused-ring (bicyclic) bond motifs is 2. The van der Waals surface area contributed by atoms with Crippen LogP contribution in [0.4, 0.5) is 5.69 Å². The second-order valence-corrected chi connectivity index (χ2v) is 6.74. The van der Waals surface area contributed by atoms with Crippen molar-refractivity contribution < 1.29 is 4.79 Å². The first-order valence-corrected chi connectivity index (χ1v) is 9.26. The zero-order valence-corrected chi connectivity index (χ0v) is 16.0. The monoisotopic (exact) mass is 389 g/mol. The van der Waals surface area contributed by atoms with Crippen molar-refractivity contribution in [3.8, 4) is 0 Å². The van der Waals surface area contributed by atoms with Gasteiger partial charge >= 0.3 is 5.69 Å². The molecule has 2 aromatic heterocycles. The lowest BCUT2D eigenvalue weighted by atomic mass is 10.1. The van der Waals surface area contributed by atoms with E-state index in [0.29, 0.717) is 28.7 Å². The summed E-state index contributed by atoms with van der Waals surface area (Å²) >= 11 is 0. The summed E-state index contributed by atoms with van der Waals surface area (Å²) in [4.78, 5) is 48.7. The summed E-state index contributed by atoms with van der Waals surface area (Å²) in [5, 5.41) is 2.81. The van der Waals surface area contributed by atoms with Crippen LogP contribution in [0.5, 0.6) is 0 Å². The zero-order valence-electron chi connectivity index (χ0n) is 16.0. The van der Waals surface area contributed by atoms with Gasteiger partial charge < -0.3 is 5.32 Å². The van der Waals surface area contributed by atoms with E-state index in [2.05, 4.69) is 20.3 Å². The van der Waals surface area contributed by atoms with Crippen molar-refractivity contribution >= 4 is 33.8 Å². The first-order valence-electron chi connectivity index (χ1n) is 9.26. The molecule has 0 aliphatic rings. The molecule has 1 amide bonds. The Labute approximate surface area is 165 Å². The fourth-order valence-electron chi connectivity index (χ4n) is 3.16. The van der Waals surface area contributed by atoms with E-state index in [1.807, 2.05) is 37.3 Å². The summed E-state index contributed by atoms with van der Waals surface area (Å²) < 4.78 is 1.11. The second kappa shape index (κ2) is 7.31. The van der Waals surface area contributed by atoms with Crippen molar-refractivity contribution in [2.24, 2.45) is 0 Å². The van der Waals surface area contributed by atoms with Crippen LogP contribution < -0.4 is 16.6 Å². The van der Waals surface area contributed by atoms with E-state index >= 15 is 0 Å². The fourth-order valence-corrected chi connectivity index (χ4v) is 3.16. The highest BCUT2D eigenvalue weighted by molar-refractivity contribution is 5.96. The molecule has 4 rings (SSSR count). The molecule has 0 saturated heterocycles. The van der Waals surface area contributed by atoms with Crippen LogP contribution in [0.2, 0.25) is 0 Å². The minimum absolute atomic E-state index is 0.0952. The number of H-pyrrole nitrogens is 1. The van der Waals surface area contributed by atoms with Gasteiger partial charge in [-0.2, -0.15) is 0 Å². The van der Waals surface area contributed by atoms with E-state index in [4.69, 9.17) is 0 Å². The number of nitrogens with zero attached hydrogens (tertiary/aromatic N) is 3. The third-order valence-electron chi connectivity index (χ3n) is 4.79.